The van der Waals surface area contributed by atoms with Crippen molar-refractivity contribution in [1.29, 1.82) is 0 Å². The third-order valence-electron chi connectivity index (χ3n) is 6.08. The summed E-state index contributed by atoms with van der Waals surface area (Å²) in [5.41, 5.74) is 3.45. The molecule has 5 aromatic rings. The number of nitrogens with zero attached hydrogens (tertiary/aromatic N) is 4. The predicted molar refractivity (Wildman–Crippen MR) is 142 cm³/mol. The maximum absolute atomic E-state index is 13.7. The molecular weight excluding hydrogens is 480 g/mol. The first kappa shape index (κ1) is 22.0. The first-order valence-electron chi connectivity index (χ1n) is 11.3. The van der Waals surface area contributed by atoms with E-state index in [1.165, 1.54) is 0 Å². The van der Waals surface area contributed by atoms with Crippen LogP contribution in [0.5, 0.6) is 0 Å². The number of fused-ring (bicyclic) bond motifs is 1. The fourth-order valence-electron chi connectivity index (χ4n) is 4.36. The van der Waals surface area contributed by atoms with Crippen LogP contribution in [-0.4, -0.2) is 40.8 Å². The second-order valence-electron chi connectivity index (χ2n) is 8.23. The molecule has 0 bridgehead atoms. The van der Waals surface area contributed by atoms with E-state index in [-0.39, 0.29) is 5.56 Å². The third kappa shape index (κ3) is 4.12. The molecule has 0 N–H and O–H groups in total. The molecule has 1 fully saturated rings. The van der Waals surface area contributed by atoms with Crippen LogP contribution in [0.3, 0.4) is 0 Å². The van der Waals surface area contributed by atoms with Crippen molar-refractivity contribution in [2.45, 2.75) is 0 Å². The summed E-state index contributed by atoms with van der Waals surface area (Å²) in [6, 6.07) is 20.9. The van der Waals surface area contributed by atoms with Crippen LogP contribution < -0.4 is 10.5 Å². The van der Waals surface area contributed by atoms with Crippen molar-refractivity contribution >= 4 is 38.8 Å². The highest BCUT2D eigenvalue weighted by molar-refractivity contribution is 7.20. The summed E-state index contributed by atoms with van der Waals surface area (Å²) in [4.78, 5) is 26.2. The van der Waals surface area contributed by atoms with E-state index in [2.05, 4.69) is 16.0 Å². The third-order valence-corrected chi connectivity index (χ3v) is 7.53. The zero-order valence-electron chi connectivity index (χ0n) is 18.7. The predicted octanol–water partition coefficient (Wildman–Crippen LogP) is 5.67. The Morgan fingerprint density at radius 3 is 2.46 bits per heavy atom. The number of hydrogen-bond acceptors (Lipinski definition) is 6. The van der Waals surface area contributed by atoms with Crippen LogP contribution in [-0.2, 0) is 4.74 Å². The molecule has 174 valence electrons. The minimum absolute atomic E-state index is 0.111. The highest BCUT2D eigenvalue weighted by Gasteiger charge is 2.23. The van der Waals surface area contributed by atoms with Crippen LogP contribution in [0, 0.1) is 0 Å². The smallest absolute Gasteiger partial charge is 0.266 e. The van der Waals surface area contributed by atoms with Gasteiger partial charge in [-0.1, -0.05) is 23.7 Å². The van der Waals surface area contributed by atoms with Gasteiger partial charge in [0, 0.05) is 36.1 Å². The fourth-order valence-corrected chi connectivity index (χ4v) is 5.70. The Bertz CT molecular complexity index is 1560. The molecule has 1 aliphatic rings. The van der Waals surface area contributed by atoms with Gasteiger partial charge in [-0.25, -0.2) is 4.98 Å². The molecule has 0 amide bonds. The lowest BCUT2D eigenvalue weighted by molar-refractivity contribution is 0.123. The maximum atomic E-state index is 13.7. The molecule has 1 aliphatic heterocycles. The van der Waals surface area contributed by atoms with Gasteiger partial charge in [0.1, 0.15) is 0 Å². The van der Waals surface area contributed by atoms with Crippen LogP contribution in [0.4, 0.5) is 5.00 Å². The summed E-state index contributed by atoms with van der Waals surface area (Å²) in [5, 5.41) is 2.33. The lowest BCUT2D eigenvalue weighted by atomic mass is 10.1. The number of aromatic nitrogens is 3. The molecule has 0 unspecified atom stereocenters. The number of anilines is 1. The van der Waals surface area contributed by atoms with E-state index in [1.54, 1.807) is 40.4 Å². The van der Waals surface area contributed by atoms with Crippen molar-refractivity contribution in [3.8, 4) is 27.5 Å². The molecule has 6 rings (SSSR count). The SMILES string of the molecule is O=c1c2ccccc2nc(-c2cc(-c3ccncc3)c(N3CCOCC3)s2)n1-c1ccc(Cl)cc1. The van der Waals surface area contributed by atoms with Crippen molar-refractivity contribution in [2.75, 3.05) is 31.2 Å². The van der Waals surface area contributed by atoms with Crippen LogP contribution in [0.1, 0.15) is 0 Å². The normalized spacial score (nSPS) is 13.9. The van der Waals surface area contributed by atoms with Crippen molar-refractivity contribution < 1.29 is 4.74 Å². The van der Waals surface area contributed by atoms with Gasteiger partial charge >= 0.3 is 0 Å². The lowest BCUT2D eigenvalue weighted by Gasteiger charge is -2.28. The van der Waals surface area contributed by atoms with Gasteiger partial charge in [0.15, 0.2) is 5.82 Å². The average molecular weight is 501 g/mol. The van der Waals surface area contributed by atoms with Crippen molar-refractivity contribution in [3.63, 3.8) is 0 Å². The van der Waals surface area contributed by atoms with Crippen LogP contribution in [0.2, 0.25) is 5.02 Å². The lowest BCUT2D eigenvalue weighted by Crippen LogP contribution is -2.35. The summed E-state index contributed by atoms with van der Waals surface area (Å²) in [6.45, 7) is 3.00. The van der Waals surface area contributed by atoms with E-state index in [9.17, 15) is 4.79 Å². The van der Waals surface area contributed by atoms with Gasteiger partial charge in [-0.05, 0) is 60.2 Å². The number of benzene rings is 2. The second kappa shape index (κ2) is 9.26. The van der Waals surface area contributed by atoms with E-state index in [4.69, 9.17) is 21.3 Å². The molecule has 0 spiro atoms. The molecule has 2 aromatic carbocycles. The van der Waals surface area contributed by atoms with Gasteiger partial charge in [-0.3, -0.25) is 14.3 Å². The Kier molecular flexibility index (Phi) is 5.82. The van der Waals surface area contributed by atoms with E-state index in [1.807, 2.05) is 48.5 Å². The summed E-state index contributed by atoms with van der Waals surface area (Å²) in [5.74, 6) is 0.607. The first-order valence-corrected chi connectivity index (χ1v) is 12.5. The summed E-state index contributed by atoms with van der Waals surface area (Å²) >= 11 is 7.79. The summed E-state index contributed by atoms with van der Waals surface area (Å²) in [6.07, 6.45) is 3.60. The molecule has 3 aromatic heterocycles. The minimum Gasteiger partial charge on any atom is -0.378 e. The molecule has 0 radical (unpaired) electrons. The number of hydrogen-bond donors (Lipinski definition) is 0. The monoisotopic (exact) mass is 500 g/mol. The Morgan fingerprint density at radius 2 is 1.69 bits per heavy atom. The van der Waals surface area contributed by atoms with Gasteiger partial charge < -0.3 is 9.64 Å². The van der Waals surface area contributed by atoms with Crippen LogP contribution >= 0.6 is 22.9 Å². The minimum atomic E-state index is -0.111. The van der Waals surface area contributed by atoms with E-state index >= 15 is 0 Å². The topological polar surface area (TPSA) is 60.3 Å². The fraction of sp³-hybridized carbons (Fsp3) is 0.148. The van der Waals surface area contributed by atoms with Gasteiger partial charge in [0.05, 0.1) is 39.7 Å². The molecule has 8 heteroatoms. The van der Waals surface area contributed by atoms with Gasteiger partial charge in [-0.15, -0.1) is 11.3 Å². The number of pyridine rings is 1. The maximum Gasteiger partial charge on any atom is 0.266 e. The Hall–Kier alpha value is -3.52. The Labute approximate surface area is 211 Å². The number of rotatable bonds is 4. The molecule has 4 heterocycles. The number of ether oxygens (including phenoxy) is 1. The summed E-state index contributed by atoms with van der Waals surface area (Å²) < 4.78 is 7.28. The quantitative estimate of drug-likeness (QED) is 0.318. The average Bonchev–Trinajstić information content (AvgIpc) is 3.36. The van der Waals surface area contributed by atoms with Crippen molar-refractivity contribution in [2.24, 2.45) is 0 Å². The standard InChI is InChI=1S/C27H21ClN4O2S/c28-19-5-7-20(8-6-19)32-25(30-23-4-2-1-3-21(23)26(32)33)24-17-22(18-9-11-29-12-10-18)27(35-24)31-13-15-34-16-14-31/h1-12,17H,13-16H2. The highest BCUT2D eigenvalue weighted by Crippen LogP contribution is 2.43. The molecular formula is C27H21ClN4O2S. The molecule has 0 saturated carbocycles. The zero-order valence-corrected chi connectivity index (χ0v) is 20.3. The molecule has 0 aliphatic carbocycles. The van der Waals surface area contributed by atoms with Gasteiger partial charge in [-0.2, -0.15) is 0 Å². The van der Waals surface area contributed by atoms with E-state index in [0.29, 0.717) is 35.0 Å². The van der Waals surface area contributed by atoms with Gasteiger partial charge in [0.2, 0.25) is 0 Å². The highest BCUT2D eigenvalue weighted by atomic mass is 35.5. The number of thiophene rings is 1. The largest absolute Gasteiger partial charge is 0.378 e. The molecule has 6 nitrogen and oxygen atoms in total. The second-order valence-corrected chi connectivity index (χ2v) is 9.70. The zero-order chi connectivity index (χ0) is 23.8. The number of halogens is 1. The molecule has 35 heavy (non-hydrogen) atoms. The van der Waals surface area contributed by atoms with Crippen molar-refractivity contribution in [1.82, 2.24) is 14.5 Å². The number of para-hydroxylation sites is 1. The molecule has 0 atom stereocenters. The van der Waals surface area contributed by atoms with Crippen LogP contribution in [0.15, 0.2) is 83.9 Å². The number of morpholine rings is 1. The Balaban J connectivity index is 1.61. The summed E-state index contributed by atoms with van der Waals surface area (Å²) in [7, 11) is 0. The van der Waals surface area contributed by atoms with Gasteiger partial charge in [0.25, 0.3) is 5.56 Å². The molecule has 1 saturated heterocycles. The van der Waals surface area contributed by atoms with Crippen molar-refractivity contribution in [3.05, 3.63) is 94.5 Å². The Morgan fingerprint density at radius 1 is 0.943 bits per heavy atom. The van der Waals surface area contributed by atoms with E-state index < -0.39 is 0 Å². The van der Waals surface area contributed by atoms with Crippen LogP contribution in [0.25, 0.3) is 38.4 Å². The first-order chi connectivity index (χ1) is 17.2. The van der Waals surface area contributed by atoms with E-state index in [0.717, 1.165) is 39.8 Å².